The van der Waals surface area contributed by atoms with Crippen molar-refractivity contribution in [3.05, 3.63) is 59.9 Å². The van der Waals surface area contributed by atoms with Crippen LogP contribution in [0.5, 0.6) is 5.75 Å². The standard InChI is InChI=1S/C20H21FN2O3/c1-2-26-18-9-7-17(8-10-18)23-13-15(11-19(23)24)20(25)22-12-14-3-5-16(21)6-4-14/h3-10,15H,2,11-13H2,1H3,(H,22,25)/t15-/m1/s1. The van der Waals surface area contributed by atoms with Gasteiger partial charge in [0.15, 0.2) is 0 Å². The minimum absolute atomic E-state index is 0.0731. The van der Waals surface area contributed by atoms with Gasteiger partial charge in [0.2, 0.25) is 11.8 Å². The lowest BCUT2D eigenvalue weighted by Crippen LogP contribution is -2.32. The first kappa shape index (κ1) is 17.9. The Morgan fingerprint density at radius 1 is 1.19 bits per heavy atom. The van der Waals surface area contributed by atoms with Gasteiger partial charge in [0.1, 0.15) is 11.6 Å². The number of rotatable bonds is 6. The molecule has 1 atom stereocenters. The van der Waals surface area contributed by atoms with Crippen LogP contribution in [-0.4, -0.2) is 25.0 Å². The van der Waals surface area contributed by atoms with E-state index < -0.39 is 5.92 Å². The molecule has 0 aliphatic carbocycles. The molecule has 6 heteroatoms. The zero-order valence-corrected chi connectivity index (χ0v) is 14.6. The van der Waals surface area contributed by atoms with Gasteiger partial charge in [-0.2, -0.15) is 0 Å². The van der Waals surface area contributed by atoms with Gasteiger partial charge in [0, 0.05) is 25.2 Å². The zero-order valence-electron chi connectivity index (χ0n) is 14.6. The monoisotopic (exact) mass is 356 g/mol. The molecule has 3 rings (SSSR count). The Balaban J connectivity index is 1.57. The molecule has 1 heterocycles. The lowest BCUT2D eigenvalue weighted by molar-refractivity contribution is -0.126. The smallest absolute Gasteiger partial charge is 0.227 e. The van der Waals surface area contributed by atoms with Crippen molar-refractivity contribution in [1.82, 2.24) is 5.32 Å². The summed E-state index contributed by atoms with van der Waals surface area (Å²) in [6.07, 6.45) is 0.183. The van der Waals surface area contributed by atoms with Gasteiger partial charge in [0.25, 0.3) is 0 Å². The summed E-state index contributed by atoms with van der Waals surface area (Å²) in [6.45, 7) is 3.15. The van der Waals surface area contributed by atoms with Crippen LogP contribution in [0.2, 0.25) is 0 Å². The Morgan fingerprint density at radius 2 is 1.88 bits per heavy atom. The van der Waals surface area contributed by atoms with Gasteiger partial charge < -0.3 is 15.0 Å². The van der Waals surface area contributed by atoms with E-state index >= 15 is 0 Å². The Hall–Kier alpha value is -2.89. The first-order chi connectivity index (χ1) is 12.6. The minimum atomic E-state index is -0.394. The van der Waals surface area contributed by atoms with Crippen molar-refractivity contribution in [2.45, 2.75) is 19.9 Å². The van der Waals surface area contributed by atoms with E-state index in [1.54, 1.807) is 17.0 Å². The van der Waals surface area contributed by atoms with Crippen molar-refractivity contribution in [2.24, 2.45) is 5.92 Å². The van der Waals surface area contributed by atoms with Crippen molar-refractivity contribution < 1.29 is 18.7 Å². The van der Waals surface area contributed by atoms with Crippen LogP contribution in [0.15, 0.2) is 48.5 Å². The SMILES string of the molecule is CCOc1ccc(N2C[C@H](C(=O)NCc3ccc(F)cc3)CC2=O)cc1. The molecule has 1 aliphatic rings. The second-order valence-electron chi connectivity index (χ2n) is 6.18. The molecule has 0 unspecified atom stereocenters. The molecule has 1 N–H and O–H groups in total. The molecule has 136 valence electrons. The highest BCUT2D eigenvalue weighted by Gasteiger charge is 2.34. The molecule has 2 aromatic carbocycles. The molecule has 0 radical (unpaired) electrons. The number of hydrogen-bond acceptors (Lipinski definition) is 3. The number of amides is 2. The number of benzene rings is 2. The number of halogens is 1. The molecular formula is C20H21FN2O3. The van der Waals surface area contributed by atoms with Crippen molar-refractivity contribution in [3.63, 3.8) is 0 Å². The maximum Gasteiger partial charge on any atom is 0.227 e. The number of nitrogens with one attached hydrogen (secondary N) is 1. The minimum Gasteiger partial charge on any atom is -0.494 e. The Labute approximate surface area is 151 Å². The van der Waals surface area contributed by atoms with Crippen LogP contribution in [-0.2, 0) is 16.1 Å². The fourth-order valence-corrected chi connectivity index (χ4v) is 2.96. The lowest BCUT2D eigenvalue weighted by atomic mass is 10.1. The molecule has 1 aliphatic heterocycles. The molecule has 0 aromatic heterocycles. The summed E-state index contributed by atoms with van der Waals surface area (Å²) in [5.74, 6) is -0.203. The van der Waals surface area contributed by atoms with Crippen LogP contribution in [0, 0.1) is 11.7 Å². The van der Waals surface area contributed by atoms with Crippen molar-refractivity contribution >= 4 is 17.5 Å². The summed E-state index contributed by atoms with van der Waals surface area (Å²) in [7, 11) is 0. The van der Waals surface area contributed by atoms with E-state index in [0.29, 0.717) is 19.7 Å². The van der Waals surface area contributed by atoms with Crippen molar-refractivity contribution in [3.8, 4) is 5.75 Å². The molecule has 26 heavy (non-hydrogen) atoms. The second kappa shape index (κ2) is 7.99. The van der Waals surface area contributed by atoms with Gasteiger partial charge in [-0.1, -0.05) is 12.1 Å². The van der Waals surface area contributed by atoms with Crippen LogP contribution in [0.3, 0.4) is 0 Å². The number of carbonyl (C=O) groups is 2. The van der Waals surface area contributed by atoms with E-state index in [4.69, 9.17) is 4.74 Å². The second-order valence-corrected chi connectivity index (χ2v) is 6.18. The summed E-state index contributed by atoms with van der Waals surface area (Å²) >= 11 is 0. The predicted octanol–water partition coefficient (Wildman–Crippen LogP) is 2.89. The molecule has 2 amide bonds. The highest BCUT2D eigenvalue weighted by Crippen LogP contribution is 2.27. The van der Waals surface area contributed by atoms with Crippen LogP contribution >= 0.6 is 0 Å². The third-order valence-electron chi connectivity index (χ3n) is 4.34. The Bertz CT molecular complexity index is 775. The van der Waals surface area contributed by atoms with Crippen LogP contribution in [0.4, 0.5) is 10.1 Å². The average molecular weight is 356 g/mol. The number of anilines is 1. The Kier molecular flexibility index (Phi) is 5.51. The van der Waals surface area contributed by atoms with Gasteiger partial charge in [-0.05, 0) is 48.9 Å². The van der Waals surface area contributed by atoms with Gasteiger partial charge in [-0.15, -0.1) is 0 Å². The average Bonchev–Trinajstić information content (AvgIpc) is 3.04. The van der Waals surface area contributed by atoms with E-state index in [0.717, 1.165) is 17.0 Å². The summed E-state index contributed by atoms with van der Waals surface area (Å²) in [6, 6.07) is 13.2. The van der Waals surface area contributed by atoms with E-state index in [1.165, 1.54) is 12.1 Å². The van der Waals surface area contributed by atoms with Crippen LogP contribution < -0.4 is 15.0 Å². The molecule has 5 nitrogen and oxygen atoms in total. The topological polar surface area (TPSA) is 58.6 Å². The van der Waals surface area contributed by atoms with Gasteiger partial charge in [-0.25, -0.2) is 4.39 Å². The third-order valence-corrected chi connectivity index (χ3v) is 4.34. The first-order valence-corrected chi connectivity index (χ1v) is 8.62. The zero-order chi connectivity index (χ0) is 18.5. The molecule has 0 bridgehead atoms. The predicted molar refractivity (Wildman–Crippen MR) is 96.3 cm³/mol. The molecule has 1 saturated heterocycles. The number of nitrogens with zero attached hydrogens (tertiary/aromatic N) is 1. The molecule has 0 saturated carbocycles. The summed E-state index contributed by atoms with van der Waals surface area (Å²) in [5.41, 5.74) is 1.57. The summed E-state index contributed by atoms with van der Waals surface area (Å²) < 4.78 is 18.3. The third kappa shape index (κ3) is 4.20. The quantitative estimate of drug-likeness (QED) is 0.866. The van der Waals surface area contributed by atoms with E-state index in [2.05, 4.69) is 5.32 Å². The van der Waals surface area contributed by atoms with Crippen molar-refractivity contribution in [1.29, 1.82) is 0 Å². The number of ether oxygens (including phenoxy) is 1. The van der Waals surface area contributed by atoms with Crippen molar-refractivity contribution in [2.75, 3.05) is 18.1 Å². The largest absolute Gasteiger partial charge is 0.494 e. The molecular weight excluding hydrogens is 335 g/mol. The summed E-state index contributed by atoms with van der Waals surface area (Å²) in [4.78, 5) is 26.3. The fraction of sp³-hybridized carbons (Fsp3) is 0.300. The highest BCUT2D eigenvalue weighted by atomic mass is 19.1. The highest BCUT2D eigenvalue weighted by molar-refractivity contribution is 6.00. The fourth-order valence-electron chi connectivity index (χ4n) is 2.96. The number of hydrogen-bond donors (Lipinski definition) is 1. The first-order valence-electron chi connectivity index (χ1n) is 8.62. The van der Waals surface area contributed by atoms with E-state index in [9.17, 15) is 14.0 Å². The molecule has 2 aromatic rings. The summed E-state index contributed by atoms with van der Waals surface area (Å²) in [5, 5.41) is 2.82. The van der Waals surface area contributed by atoms with E-state index in [-0.39, 0.29) is 24.1 Å². The van der Waals surface area contributed by atoms with Gasteiger partial charge >= 0.3 is 0 Å². The number of carbonyl (C=O) groups excluding carboxylic acids is 2. The normalized spacial score (nSPS) is 16.6. The maximum atomic E-state index is 12.9. The van der Waals surface area contributed by atoms with Crippen LogP contribution in [0.1, 0.15) is 18.9 Å². The maximum absolute atomic E-state index is 12.9. The van der Waals surface area contributed by atoms with Gasteiger partial charge in [-0.3, -0.25) is 9.59 Å². The van der Waals surface area contributed by atoms with E-state index in [1.807, 2.05) is 31.2 Å². The molecule has 0 spiro atoms. The molecule has 1 fully saturated rings. The Morgan fingerprint density at radius 3 is 2.54 bits per heavy atom. The van der Waals surface area contributed by atoms with Crippen LogP contribution in [0.25, 0.3) is 0 Å². The lowest BCUT2D eigenvalue weighted by Gasteiger charge is -2.17. The van der Waals surface area contributed by atoms with Gasteiger partial charge in [0.05, 0.1) is 12.5 Å².